The molecule has 2 aromatic heterocycles. The number of H-pyrrole nitrogens is 1. The number of hydrogen-bond donors (Lipinski definition) is 4. The van der Waals surface area contributed by atoms with Gasteiger partial charge in [0, 0.05) is 61.7 Å². The van der Waals surface area contributed by atoms with E-state index in [1.165, 1.54) is 17.0 Å². The van der Waals surface area contributed by atoms with Gasteiger partial charge in [-0.15, -0.1) is 0 Å². The monoisotopic (exact) mass is 483 g/mol. The molecule has 0 aliphatic carbocycles. The number of pyridine rings is 1. The highest BCUT2D eigenvalue weighted by Gasteiger charge is 2.11. The fraction of sp³-hybridized carbons (Fsp3) is 0.179. The van der Waals surface area contributed by atoms with Crippen LogP contribution in [-0.4, -0.2) is 51.5 Å². The molecule has 2 aromatic carbocycles. The van der Waals surface area contributed by atoms with E-state index in [4.69, 9.17) is 5.21 Å². The van der Waals surface area contributed by atoms with Crippen LogP contribution >= 0.6 is 0 Å². The number of aromatic nitrogens is 2. The van der Waals surface area contributed by atoms with Crippen LogP contribution in [-0.2, 0) is 17.8 Å². The van der Waals surface area contributed by atoms with Crippen molar-refractivity contribution in [2.75, 3.05) is 19.6 Å². The molecule has 0 aliphatic heterocycles. The molecule has 0 bridgehead atoms. The summed E-state index contributed by atoms with van der Waals surface area (Å²) < 4.78 is 0. The van der Waals surface area contributed by atoms with Crippen LogP contribution in [0.25, 0.3) is 17.0 Å². The van der Waals surface area contributed by atoms with Crippen molar-refractivity contribution >= 4 is 28.8 Å². The van der Waals surface area contributed by atoms with Crippen molar-refractivity contribution in [3.8, 4) is 0 Å². The van der Waals surface area contributed by atoms with E-state index in [1.807, 2.05) is 36.4 Å². The number of fused-ring (bicyclic) bond motifs is 1. The van der Waals surface area contributed by atoms with Gasteiger partial charge in [-0.05, 0) is 47.4 Å². The second-order valence-corrected chi connectivity index (χ2v) is 8.43. The lowest BCUT2D eigenvalue weighted by Gasteiger charge is -2.23. The predicted octanol–water partition coefficient (Wildman–Crippen LogP) is 3.56. The Morgan fingerprint density at radius 1 is 1.03 bits per heavy atom. The van der Waals surface area contributed by atoms with Gasteiger partial charge in [0.2, 0.25) is 0 Å². The van der Waals surface area contributed by atoms with E-state index >= 15 is 0 Å². The average Bonchev–Trinajstić information content (AvgIpc) is 3.34. The number of nitrogens with one attached hydrogen (secondary N) is 3. The predicted molar refractivity (Wildman–Crippen MR) is 139 cm³/mol. The summed E-state index contributed by atoms with van der Waals surface area (Å²) in [7, 11) is 0. The summed E-state index contributed by atoms with van der Waals surface area (Å²) >= 11 is 0. The van der Waals surface area contributed by atoms with Crippen LogP contribution in [0.3, 0.4) is 0 Å². The molecular formula is C28H29N5O3. The molecule has 0 unspecified atom stereocenters. The number of hydrogen-bond acceptors (Lipinski definition) is 5. The molecule has 0 aliphatic rings. The lowest BCUT2D eigenvalue weighted by Crippen LogP contribution is -2.35. The highest BCUT2D eigenvalue weighted by Crippen LogP contribution is 2.19. The summed E-state index contributed by atoms with van der Waals surface area (Å²) in [6.07, 6.45) is 9.05. The minimum Gasteiger partial charge on any atom is -0.361 e. The van der Waals surface area contributed by atoms with Crippen molar-refractivity contribution in [1.29, 1.82) is 0 Å². The highest BCUT2D eigenvalue weighted by atomic mass is 16.5. The maximum Gasteiger partial charge on any atom is 0.267 e. The number of rotatable bonds is 11. The Bertz CT molecular complexity index is 1320. The van der Waals surface area contributed by atoms with Gasteiger partial charge in [0.05, 0.1) is 5.56 Å². The van der Waals surface area contributed by atoms with Crippen LogP contribution in [0, 0.1) is 0 Å². The van der Waals surface area contributed by atoms with E-state index in [0.29, 0.717) is 25.2 Å². The van der Waals surface area contributed by atoms with E-state index in [0.717, 1.165) is 29.6 Å². The SMILES string of the molecule is O=C(C=Cc1ccc(CN(CCNC(=O)c2cccnc2)CCc2c[nH]c3ccccc23)cc1)NO. The van der Waals surface area contributed by atoms with Crippen molar-refractivity contribution in [2.24, 2.45) is 0 Å². The molecule has 2 heterocycles. The van der Waals surface area contributed by atoms with Crippen molar-refractivity contribution in [3.63, 3.8) is 0 Å². The normalized spacial score (nSPS) is 11.3. The number of amides is 2. The molecule has 0 saturated heterocycles. The highest BCUT2D eigenvalue weighted by molar-refractivity contribution is 5.93. The van der Waals surface area contributed by atoms with E-state index < -0.39 is 5.91 Å². The number of carbonyl (C=O) groups excluding carboxylic acids is 2. The molecule has 0 saturated carbocycles. The van der Waals surface area contributed by atoms with Crippen molar-refractivity contribution in [2.45, 2.75) is 13.0 Å². The summed E-state index contributed by atoms with van der Waals surface area (Å²) in [5.74, 6) is -0.710. The molecule has 4 aromatic rings. The van der Waals surface area contributed by atoms with Crippen LogP contribution < -0.4 is 10.8 Å². The molecule has 4 N–H and O–H groups in total. The number of carbonyl (C=O) groups is 2. The number of nitrogens with zero attached hydrogens (tertiary/aromatic N) is 2. The third-order valence-electron chi connectivity index (χ3n) is 5.93. The fourth-order valence-corrected chi connectivity index (χ4v) is 4.02. The molecule has 4 rings (SSSR count). The average molecular weight is 484 g/mol. The van der Waals surface area contributed by atoms with E-state index in [-0.39, 0.29) is 5.91 Å². The second-order valence-electron chi connectivity index (χ2n) is 8.43. The molecule has 0 atom stereocenters. The first-order valence-electron chi connectivity index (χ1n) is 11.8. The summed E-state index contributed by atoms with van der Waals surface area (Å²) in [5, 5.41) is 12.8. The molecule has 0 spiro atoms. The third-order valence-corrected chi connectivity index (χ3v) is 5.93. The molecule has 0 radical (unpaired) electrons. The first kappa shape index (κ1) is 24.8. The first-order chi connectivity index (χ1) is 17.6. The molecule has 184 valence electrons. The quantitative estimate of drug-likeness (QED) is 0.148. The molecule has 0 fully saturated rings. The van der Waals surface area contributed by atoms with Gasteiger partial charge in [-0.2, -0.15) is 0 Å². The van der Waals surface area contributed by atoms with Gasteiger partial charge in [-0.3, -0.25) is 24.7 Å². The smallest absolute Gasteiger partial charge is 0.267 e. The second kappa shape index (κ2) is 12.4. The van der Waals surface area contributed by atoms with Crippen LogP contribution in [0.2, 0.25) is 0 Å². The zero-order valence-electron chi connectivity index (χ0n) is 19.9. The minimum atomic E-state index is -0.573. The number of benzene rings is 2. The van der Waals surface area contributed by atoms with E-state index in [1.54, 1.807) is 36.1 Å². The van der Waals surface area contributed by atoms with E-state index in [9.17, 15) is 9.59 Å². The van der Waals surface area contributed by atoms with E-state index in [2.05, 4.69) is 38.5 Å². The minimum absolute atomic E-state index is 0.136. The van der Waals surface area contributed by atoms with Crippen LogP contribution in [0.1, 0.15) is 27.0 Å². The standard InChI is InChI=1S/C28H29N5O3/c34-27(32-36)12-11-21-7-9-22(10-8-21)20-33(17-15-30-28(35)24-4-3-14-29-18-24)16-13-23-19-31-26-6-2-1-5-25(23)26/h1-12,14,18-19,31,36H,13,15-17,20H2,(H,30,35)(H,32,34). The van der Waals surface area contributed by atoms with Gasteiger partial charge in [0.1, 0.15) is 0 Å². The van der Waals surface area contributed by atoms with Crippen molar-refractivity contribution < 1.29 is 14.8 Å². The van der Waals surface area contributed by atoms with Crippen molar-refractivity contribution in [1.82, 2.24) is 25.7 Å². The van der Waals surface area contributed by atoms with Crippen molar-refractivity contribution in [3.05, 3.63) is 108 Å². The number of hydroxylamine groups is 1. The van der Waals surface area contributed by atoms with Crippen LogP contribution in [0.5, 0.6) is 0 Å². The summed E-state index contributed by atoms with van der Waals surface area (Å²) in [5.41, 5.74) is 6.49. The summed E-state index contributed by atoms with van der Waals surface area (Å²) in [6.45, 7) is 2.74. The Morgan fingerprint density at radius 2 is 1.86 bits per heavy atom. The van der Waals surface area contributed by atoms with Gasteiger partial charge in [-0.1, -0.05) is 42.5 Å². The topological polar surface area (TPSA) is 110 Å². The Morgan fingerprint density at radius 3 is 2.64 bits per heavy atom. The Hall–Kier alpha value is -4.27. The zero-order valence-corrected chi connectivity index (χ0v) is 19.9. The molecule has 2 amide bonds. The van der Waals surface area contributed by atoms with Gasteiger partial charge >= 0.3 is 0 Å². The van der Waals surface area contributed by atoms with Gasteiger partial charge < -0.3 is 10.3 Å². The summed E-state index contributed by atoms with van der Waals surface area (Å²) in [4.78, 5) is 33.3. The summed E-state index contributed by atoms with van der Waals surface area (Å²) in [6, 6.07) is 19.7. The lowest BCUT2D eigenvalue weighted by atomic mass is 10.1. The third kappa shape index (κ3) is 6.88. The van der Waals surface area contributed by atoms with Gasteiger partial charge in [-0.25, -0.2) is 5.48 Å². The van der Waals surface area contributed by atoms with Gasteiger partial charge in [0.25, 0.3) is 11.8 Å². The maximum absolute atomic E-state index is 12.4. The largest absolute Gasteiger partial charge is 0.361 e. The molecular weight excluding hydrogens is 454 g/mol. The first-order valence-corrected chi connectivity index (χ1v) is 11.8. The molecule has 36 heavy (non-hydrogen) atoms. The van der Waals surface area contributed by atoms with Crippen LogP contribution in [0.15, 0.2) is 85.3 Å². The Kier molecular flexibility index (Phi) is 8.58. The Balaban J connectivity index is 1.40. The number of aromatic amines is 1. The molecule has 8 nitrogen and oxygen atoms in total. The molecule has 8 heteroatoms. The lowest BCUT2D eigenvalue weighted by molar-refractivity contribution is -0.124. The number of para-hydroxylation sites is 1. The van der Waals surface area contributed by atoms with Crippen LogP contribution in [0.4, 0.5) is 0 Å². The zero-order chi connectivity index (χ0) is 25.2. The van der Waals surface area contributed by atoms with Gasteiger partial charge in [0.15, 0.2) is 0 Å². The maximum atomic E-state index is 12.4. The Labute approximate surface area is 209 Å². The fourth-order valence-electron chi connectivity index (χ4n) is 4.02.